The van der Waals surface area contributed by atoms with Crippen LogP contribution in [0, 0.1) is 6.92 Å². The Balaban J connectivity index is 1.98. The molecule has 0 aliphatic carbocycles. The first-order valence-electron chi connectivity index (χ1n) is 9.57. The molecular formula is C23H20I2N2O3S. The van der Waals surface area contributed by atoms with Gasteiger partial charge in [-0.15, -0.1) is 0 Å². The molecule has 2 unspecified atom stereocenters. The highest BCUT2D eigenvalue weighted by Crippen LogP contribution is 2.48. The highest BCUT2D eigenvalue weighted by Gasteiger charge is 2.56. The van der Waals surface area contributed by atoms with Gasteiger partial charge in [0.2, 0.25) is 5.72 Å². The minimum absolute atomic E-state index is 0.158. The van der Waals surface area contributed by atoms with Crippen LogP contribution >= 0.6 is 45.2 Å². The summed E-state index contributed by atoms with van der Waals surface area (Å²) in [6.07, 6.45) is 0. The number of aliphatic imine (C=N–C) groups is 1. The fourth-order valence-corrected chi connectivity index (χ4v) is 6.21. The number of hydrogen-bond donors (Lipinski definition) is 1. The van der Waals surface area contributed by atoms with E-state index in [0.29, 0.717) is 11.1 Å². The van der Waals surface area contributed by atoms with Crippen LogP contribution in [-0.4, -0.2) is 31.3 Å². The average molecular weight is 658 g/mol. The van der Waals surface area contributed by atoms with Crippen molar-refractivity contribution >= 4 is 61.0 Å². The Morgan fingerprint density at radius 1 is 0.935 bits per heavy atom. The van der Waals surface area contributed by atoms with E-state index >= 15 is 0 Å². The van der Waals surface area contributed by atoms with Crippen LogP contribution < -0.4 is 0 Å². The van der Waals surface area contributed by atoms with E-state index in [9.17, 15) is 13.5 Å². The lowest BCUT2D eigenvalue weighted by atomic mass is 9.99. The number of amidine groups is 1. The van der Waals surface area contributed by atoms with Gasteiger partial charge in [0.25, 0.3) is 10.0 Å². The summed E-state index contributed by atoms with van der Waals surface area (Å²) >= 11 is 4.20. The quantitative estimate of drug-likeness (QED) is 0.308. The van der Waals surface area contributed by atoms with Gasteiger partial charge in [0.05, 0.1) is 4.90 Å². The summed E-state index contributed by atoms with van der Waals surface area (Å²) in [5, 5.41) is 11.7. The SMILES string of the molecule is Cc1ccc(S(=O)(=O)N2C(c3ccccc3)=NC(O)(C(I)I)C2c2ccccc2)cc1. The molecule has 0 amide bonds. The van der Waals surface area contributed by atoms with Crippen LogP contribution in [0.1, 0.15) is 22.7 Å². The second-order valence-corrected chi connectivity index (χ2v) is 14.0. The second-order valence-electron chi connectivity index (χ2n) is 7.31. The molecule has 5 nitrogen and oxygen atoms in total. The minimum Gasteiger partial charge on any atom is -0.366 e. The zero-order valence-electron chi connectivity index (χ0n) is 16.6. The largest absolute Gasteiger partial charge is 0.366 e. The summed E-state index contributed by atoms with van der Waals surface area (Å²) in [4.78, 5) is 4.80. The van der Waals surface area contributed by atoms with E-state index in [1.165, 1.54) is 4.31 Å². The zero-order valence-corrected chi connectivity index (χ0v) is 21.7. The van der Waals surface area contributed by atoms with Gasteiger partial charge in [-0.3, -0.25) is 0 Å². The number of sulfonamides is 1. The molecule has 1 N–H and O–H groups in total. The molecule has 31 heavy (non-hydrogen) atoms. The molecule has 1 aliphatic heterocycles. The third-order valence-electron chi connectivity index (χ3n) is 5.18. The van der Waals surface area contributed by atoms with Crippen molar-refractivity contribution in [2.75, 3.05) is 0 Å². The summed E-state index contributed by atoms with van der Waals surface area (Å²) in [5.74, 6) is 0.232. The van der Waals surface area contributed by atoms with Crippen LogP contribution in [0.15, 0.2) is 94.8 Å². The molecule has 0 saturated carbocycles. The Kier molecular flexibility index (Phi) is 6.44. The van der Waals surface area contributed by atoms with E-state index in [-0.39, 0.29) is 12.7 Å². The molecule has 8 heteroatoms. The zero-order chi connectivity index (χ0) is 22.2. The maximum absolute atomic E-state index is 14.0. The summed E-state index contributed by atoms with van der Waals surface area (Å²) in [6, 6.07) is 24.1. The third-order valence-corrected chi connectivity index (χ3v) is 8.78. The molecule has 2 atom stereocenters. The Labute approximate surface area is 209 Å². The first-order valence-corrected chi connectivity index (χ1v) is 13.5. The van der Waals surface area contributed by atoms with Gasteiger partial charge in [-0.2, -0.15) is 0 Å². The summed E-state index contributed by atoms with van der Waals surface area (Å²) in [7, 11) is -4.02. The highest BCUT2D eigenvalue weighted by molar-refractivity contribution is 14.2. The van der Waals surface area contributed by atoms with Gasteiger partial charge in [-0.1, -0.05) is 124 Å². The Bertz CT molecular complexity index is 1200. The molecule has 3 aromatic rings. The van der Waals surface area contributed by atoms with Crippen LogP contribution in [0.3, 0.4) is 0 Å². The fourth-order valence-electron chi connectivity index (χ4n) is 3.61. The first kappa shape index (κ1) is 22.7. The topological polar surface area (TPSA) is 70.0 Å². The monoisotopic (exact) mass is 658 g/mol. The minimum atomic E-state index is -4.02. The van der Waals surface area contributed by atoms with Gasteiger partial charge in [0, 0.05) is 5.56 Å². The van der Waals surface area contributed by atoms with Crippen molar-refractivity contribution in [3.63, 3.8) is 0 Å². The maximum atomic E-state index is 14.0. The molecule has 3 aromatic carbocycles. The van der Waals surface area contributed by atoms with E-state index in [1.54, 1.807) is 36.4 Å². The Morgan fingerprint density at radius 3 is 2.03 bits per heavy atom. The van der Waals surface area contributed by atoms with Crippen molar-refractivity contribution < 1.29 is 13.5 Å². The van der Waals surface area contributed by atoms with E-state index in [2.05, 4.69) is 50.2 Å². The van der Waals surface area contributed by atoms with Crippen LogP contribution in [-0.2, 0) is 10.0 Å². The van der Waals surface area contributed by atoms with E-state index in [4.69, 9.17) is 0 Å². The Hall–Kier alpha value is -1.50. The van der Waals surface area contributed by atoms with Gasteiger partial charge in [-0.25, -0.2) is 17.7 Å². The van der Waals surface area contributed by atoms with Crippen molar-refractivity contribution in [3.8, 4) is 0 Å². The van der Waals surface area contributed by atoms with Crippen molar-refractivity contribution in [2.45, 2.75) is 25.5 Å². The molecule has 0 aromatic heterocycles. The van der Waals surface area contributed by atoms with Crippen LogP contribution in [0.2, 0.25) is 0 Å². The van der Waals surface area contributed by atoms with Crippen molar-refractivity contribution in [2.24, 2.45) is 4.99 Å². The lowest BCUT2D eigenvalue weighted by molar-refractivity contribution is 0.0339. The maximum Gasteiger partial charge on any atom is 0.266 e. The number of aryl methyl sites for hydroxylation is 1. The van der Waals surface area contributed by atoms with E-state index in [1.807, 2.05) is 55.5 Å². The second kappa shape index (κ2) is 8.80. The number of aliphatic hydroxyl groups is 1. The predicted molar refractivity (Wildman–Crippen MR) is 139 cm³/mol. The molecule has 1 aliphatic rings. The predicted octanol–water partition coefficient (Wildman–Crippen LogP) is 5.07. The summed E-state index contributed by atoms with van der Waals surface area (Å²) < 4.78 is 28.8. The molecule has 1 heterocycles. The molecule has 0 radical (unpaired) electrons. The van der Waals surface area contributed by atoms with Gasteiger partial charge in [0.15, 0.2) is 0 Å². The van der Waals surface area contributed by atoms with Crippen molar-refractivity contribution in [1.29, 1.82) is 0 Å². The van der Waals surface area contributed by atoms with Crippen LogP contribution in [0.25, 0.3) is 0 Å². The van der Waals surface area contributed by atoms with Gasteiger partial charge < -0.3 is 5.11 Å². The lowest BCUT2D eigenvalue weighted by Crippen LogP contribution is -2.46. The molecule has 0 spiro atoms. The fraction of sp³-hybridized carbons (Fsp3) is 0.174. The molecule has 0 fully saturated rings. The molecule has 160 valence electrons. The van der Waals surface area contributed by atoms with E-state index in [0.717, 1.165) is 5.56 Å². The van der Waals surface area contributed by atoms with Crippen molar-refractivity contribution in [1.82, 2.24) is 4.31 Å². The number of nitrogens with zero attached hydrogens (tertiary/aromatic N) is 2. The average Bonchev–Trinajstić information content (AvgIpc) is 3.11. The number of alkyl halides is 2. The molecule has 0 bridgehead atoms. The molecular weight excluding hydrogens is 638 g/mol. The number of benzene rings is 3. The standard InChI is InChI=1S/C23H20I2N2O3S/c1-16-12-14-19(15-13-16)31(29,30)27-20(17-8-4-2-5-9-17)23(28,22(24)25)26-21(27)18-10-6-3-7-11-18/h2-15,20,22,28H,1H3. The first-order chi connectivity index (χ1) is 14.7. The highest BCUT2D eigenvalue weighted by atomic mass is 127. The van der Waals surface area contributed by atoms with E-state index < -0.39 is 21.8 Å². The normalized spacial score (nSPS) is 21.4. The van der Waals surface area contributed by atoms with Gasteiger partial charge >= 0.3 is 0 Å². The van der Waals surface area contributed by atoms with Crippen molar-refractivity contribution in [3.05, 3.63) is 102 Å². The number of rotatable bonds is 5. The van der Waals surface area contributed by atoms with Crippen LogP contribution in [0.4, 0.5) is 0 Å². The van der Waals surface area contributed by atoms with Crippen LogP contribution in [0.5, 0.6) is 0 Å². The lowest BCUT2D eigenvalue weighted by Gasteiger charge is -2.35. The molecule has 0 saturated heterocycles. The molecule has 4 rings (SSSR count). The Morgan fingerprint density at radius 2 is 1.48 bits per heavy atom. The van der Waals surface area contributed by atoms with Gasteiger partial charge in [0.1, 0.15) is 13.8 Å². The number of hydrogen-bond acceptors (Lipinski definition) is 4. The summed E-state index contributed by atoms with van der Waals surface area (Å²) in [6.45, 7) is 1.91. The van der Waals surface area contributed by atoms with Gasteiger partial charge in [-0.05, 0) is 24.6 Å². The number of halogens is 2. The third kappa shape index (κ3) is 4.14. The summed E-state index contributed by atoms with van der Waals surface area (Å²) in [5.41, 5.74) is 0.621. The smallest absolute Gasteiger partial charge is 0.266 e.